The molecular weight excluding hydrogens is 230 g/mol. The molecule has 0 aliphatic heterocycles. The normalized spacial score (nSPS) is 11.8. The van der Waals surface area contributed by atoms with Crippen molar-refractivity contribution in [2.24, 2.45) is 5.73 Å². The summed E-state index contributed by atoms with van der Waals surface area (Å²) in [4.78, 5) is 0. The maximum absolute atomic E-state index is 5.25. The Morgan fingerprint density at radius 1 is 0.632 bits per heavy atom. The van der Waals surface area contributed by atoms with Crippen molar-refractivity contribution >= 4 is 0 Å². The molecular formula is C18H35N. The van der Waals surface area contributed by atoms with Crippen molar-refractivity contribution in [3.05, 3.63) is 24.4 Å². The minimum Gasteiger partial charge on any atom is -0.405 e. The van der Waals surface area contributed by atoms with E-state index < -0.39 is 0 Å². The van der Waals surface area contributed by atoms with Crippen molar-refractivity contribution in [3.8, 4) is 0 Å². The van der Waals surface area contributed by atoms with Gasteiger partial charge in [0.25, 0.3) is 0 Å². The van der Waals surface area contributed by atoms with Crippen LogP contribution < -0.4 is 5.73 Å². The first-order valence-corrected chi connectivity index (χ1v) is 8.45. The van der Waals surface area contributed by atoms with E-state index in [0.29, 0.717) is 0 Å². The van der Waals surface area contributed by atoms with Crippen molar-refractivity contribution < 1.29 is 0 Å². The summed E-state index contributed by atoms with van der Waals surface area (Å²) in [5.41, 5.74) is 5.25. The van der Waals surface area contributed by atoms with Crippen LogP contribution in [0.5, 0.6) is 0 Å². The zero-order chi connectivity index (χ0) is 14.0. The van der Waals surface area contributed by atoms with Gasteiger partial charge in [-0.2, -0.15) is 0 Å². The van der Waals surface area contributed by atoms with E-state index in [1.807, 2.05) is 12.2 Å². The maximum Gasteiger partial charge on any atom is -0.00625 e. The predicted octanol–water partition coefficient (Wildman–Crippen LogP) is 6.11. The van der Waals surface area contributed by atoms with Gasteiger partial charge in [-0.3, -0.25) is 0 Å². The molecule has 0 aliphatic carbocycles. The van der Waals surface area contributed by atoms with Crippen LogP contribution in [-0.2, 0) is 0 Å². The third kappa shape index (κ3) is 17.3. The zero-order valence-electron chi connectivity index (χ0n) is 13.1. The first kappa shape index (κ1) is 18.3. The van der Waals surface area contributed by atoms with Crippen molar-refractivity contribution in [1.29, 1.82) is 0 Å². The monoisotopic (exact) mass is 265 g/mol. The smallest absolute Gasteiger partial charge is 0.00625 e. The lowest BCUT2D eigenvalue weighted by atomic mass is 10.0. The lowest BCUT2D eigenvalue weighted by Crippen LogP contribution is -1.82. The Hall–Kier alpha value is -0.720. The molecule has 0 aromatic carbocycles. The van der Waals surface area contributed by atoms with E-state index in [1.165, 1.54) is 83.5 Å². The van der Waals surface area contributed by atoms with Crippen molar-refractivity contribution in [2.75, 3.05) is 0 Å². The highest BCUT2D eigenvalue weighted by Gasteiger charge is 1.92. The number of hydrogen-bond donors (Lipinski definition) is 1. The molecule has 0 fully saturated rings. The van der Waals surface area contributed by atoms with Gasteiger partial charge in [0.05, 0.1) is 0 Å². The Kier molecular flexibility index (Phi) is 16.6. The Balaban J connectivity index is 2.99. The van der Waals surface area contributed by atoms with Gasteiger partial charge < -0.3 is 5.73 Å². The molecule has 0 radical (unpaired) electrons. The van der Waals surface area contributed by atoms with Gasteiger partial charge in [-0.25, -0.2) is 0 Å². The average molecular weight is 265 g/mol. The van der Waals surface area contributed by atoms with Crippen molar-refractivity contribution in [2.45, 2.75) is 90.4 Å². The number of rotatable bonds is 14. The highest BCUT2D eigenvalue weighted by atomic mass is 14.5. The largest absolute Gasteiger partial charge is 0.405 e. The minimum atomic E-state index is 1.20. The quantitative estimate of drug-likeness (QED) is 0.298. The first-order valence-electron chi connectivity index (χ1n) is 8.45. The summed E-state index contributed by atoms with van der Waals surface area (Å²) in [5.74, 6) is 0. The van der Waals surface area contributed by atoms with E-state index in [9.17, 15) is 0 Å². The molecule has 0 rings (SSSR count). The SMILES string of the molecule is CCCCCCCCCCCCCCC=CC=CN. The molecule has 0 atom stereocenters. The summed E-state index contributed by atoms with van der Waals surface area (Å²) >= 11 is 0. The fraction of sp³-hybridized carbons (Fsp3) is 0.778. The summed E-state index contributed by atoms with van der Waals surface area (Å²) < 4.78 is 0. The van der Waals surface area contributed by atoms with Gasteiger partial charge in [-0.1, -0.05) is 89.7 Å². The van der Waals surface area contributed by atoms with Gasteiger partial charge in [-0.15, -0.1) is 0 Å². The molecule has 0 saturated carbocycles. The Bertz CT molecular complexity index is 206. The molecule has 1 nitrogen and oxygen atoms in total. The Labute approximate surface area is 121 Å². The molecule has 19 heavy (non-hydrogen) atoms. The molecule has 0 aromatic heterocycles. The standard InChI is InChI=1S/C18H35N/c1-2-3-4-5-6-7-8-9-10-11-12-13-14-15-16-17-18-19/h15-18H,2-14,19H2,1H3. The fourth-order valence-electron chi connectivity index (χ4n) is 2.34. The summed E-state index contributed by atoms with van der Waals surface area (Å²) in [6.45, 7) is 2.28. The van der Waals surface area contributed by atoms with Gasteiger partial charge in [0, 0.05) is 0 Å². The number of nitrogens with two attached hydrogens (primary N) is 1. The van der Waals surface area contributed by atoms with Crippen LogP contribution in [0.15, 0.2) is 24.4 Å². The zero-order valence-corrected chi connectivity index (χ0v) is 13.1. The van der Waals surface area contributed by atoms with Crippen LogP contribution in [0.2, 0.25) is 0 Å². The fourth-order valence-corrected chi connectivity index (χ4v) is 2.34. The number of hydrogen-bond acceptors (Lipinski definition) is 1. The number of unbranched alkanes of at least 4 members (excludes halogenated alkanes) is 12. The molecule has 2 N–H and O–H groups in total. The molecule has 0 aliphatic rings. The number of allylic oxidation sites excluding steroid dienone is 3. The van der Waals surface area contributed by atoms with Gasteiger partial charge in [0.2, 0.25) is 0 Å². The van der Waals surface area contributed by atoms with Crippen LogP contribution >= 0.6 is 0 Å². The van der Waals surface area contributed by atoms with E-state index in [-0.39, 0.29) is 0 Å². The molecule has 0 spiro atoms. The third-order valence-electron chi connectivity index (χ3n) is 3.58. The molecule has 0 amide bonds. The van der Waals surface area contributed by atoms with Crippen LogP contribution in [0.3, 0.4) is 0 Å². The Morgan fingerprint density at radius 3 is 1.58 bits per heavy atom. The van der Waals surface area contributed by atoms with Crippen molar-refractivity contribution in [3.63, 3.8) is 0 Å². The summed E-state index contributed by atoms with van der Waals surface area (Å²) in [5, 5.41) is 0. The lowest BCUT2D eigenvalue weighted by Gasteiger charge is -2.02. The van der Waals surface area contributed by atoms with Gasteiger partial charge >= 0.3 is 0 Å². The molecule has 0 aromatic rings. The molecule has 0 heterocycles. The highest BCUT2D eigenvalue weighted by Crippen LogP contribution is 2.12. The summed E-state index contributed by atoms with van der Waals surface area (Å²) in [7, 11) is 0. The van der Waals surface area contributed by atoms with E-state index in [4.69, 9.17) is 5.73 Å². The highest BCUT2D eigenvalue weighted by molar-refractivity contribution is 5.00. The Morgan fingerprint density at radius 2 is 1.11 bits per heavy atom. The summed E-state index contributed by atoms with van der Waals surface area (Å²) in [6.07, 6.45) is 26.0. The van der Waals surface area contributed by atoms with E-state index in [1.54, 1.807) is 6.20 Å². The average Bonchev–Trinajstić information content (AvgIpc) is 2.43. The summed E-state index contributed by atoms with van der Waals surface area (Å²) in [6, 6.07) is 0. The van der Waals surface area contributed by atoms with Gasteiger partial charge in [0.1, 0.15) is 0 Å². The second-order valence-corrected chi connectivity index (χ2v) is 5.49. The van der Waals surface area contributed by atoms with Crippen LogP contribution in [-0.4, -0.2) is 0 Å². The lowest BCUT2D eigenvalue weighted by molar-refractivity contribution is 0.545. The second kappa shape index (κ2) is 17.3. The van der Waals surface area contributed by atoms with E-state index >= 15 is 0 Å². The molecule has 0 saturated heterocycles. The molecule has 1 heteroatoms. The van der Waals surface area contributed by atoms with Crippen molar-refractivity contribution in [1.82, 2.24) is 0 Å². The van der Waals surface area contributed by atoms with Crippen LogP contribution in [0.25, 0.3) is 0 Å². The second-order valence-electron chi connectivity index (χ2n) is 5.49. The van der Waals surface area contributed by atoms with Crippen LogP contribution in [0.1, 0.15) is 90.4 Å². The maximum atomic E-state index is 5.25. The molecule has 0 bridgehead atoms. The van der Waals surface area contributed by atoms with E-state index in [2.05, 4.69) is 13.0 Å². The van der Waals surface area contributed by atoms with Crippen LogP contribution in [0.4, 0.5) is 0 Å². The van der Waals surface area contributed by atoms with Crippen LogP contribution in [0, 0.1) is 0 Å². The first-order chi connectivity index (χ1) is 9.41. The molecule has 0 unspecified atom stereocenters. The molecule has 112 valence electrons. The minimum absolute atomic E-state index is 1.20. The van der Waals surface area contributed by atoms with Gasteiger partial charge in [-0.05, 0) is 25.1 Å². The third-order valence-corrected chi connectivity index (χ3v) is 3.58. The van der Waals surface area contributed by atoms with E-state index in [0.717, 1.165) is 0 Å². The predicted molar refractivity (Wildman–Crippen MR) is 88.2 cm³/mol. The van der Waals surface area contributed by atoms with Gasteiger partial charge in [0.15, 0.2) is 0 Å². The topological polar surface area (TPSA) is 26.0 Å².